The Kier molecular flexibility index (Phi) is 4.64. The zero-order valence-electron chi connectivity index (χ0n) is 11.6. The van der Waals surface area contributed by atoms with Crippen LogP contribution >= 0.6 is 0 Å². The van der Waals surface area contributed by atoms with Gasteiger partial charge in [-0.05, 0) is 32.2 Å². The fourth-order valence-electron chi connectivity index (χ4n) is 2.39. The molecule has 2 rings (SSSR count). The van der Waals surface area contributed by atoms with E-state index in [0.717, 1.165) is 45.2 Å². The standard InChI is InChI=1S/C14H25N3O/c1-3-5-12(15-8-4-2)11-16-9-10-17(14(16)18)13-6-7-13/h9-10,12-13,15H,3-8,11H2,1-2H3. The first-order chi connectivity index (χ1) is 8.76. The highest BCUT2D eigenvalue weighted by Crippen LogP contribution is 2.33. The first-order valence-corrected chi connectivity index (χ1v) is 7.26. The van der Waals surface area contributed by atoms with Crippen molar-refractivity contribution in [3.8, 4) is 0 Å². The molecule has 0 aromatic carbocycles. The molecule has 1 aliphatic carbocycles. The average molecular weight is 251 g/mol. The van der Waals surface area contributed by atoms with Gasteiger partial charge in [0.15, 0.2) is 0 Å². The van der Waals surface area contributed by atoms with Crippen LogP contribution in [0.25, 0.3) is 0 Å². The second kappa shape index (κ2) is 6.23. The Bertz CT molecular complexity index is 417. The molecule has 0 amide bonds. The molecular weight excluding hydrogens is 226 g/mol. The van der Waals surface area contributed by atoms with Gasteiger partial charge in [-0.2, -0.15) is 0 Å². The van der Waals surface area contributed by atoms with E-state index in [1.54, 1.807) is 0 Å². The Morgan fingerprint density at radius 3 is 2.72 bits per heavy atom. The summed E-state index contributed by atoms with van der Waals surface area (Å²) in [7, 11) is 0. The van der Waals surface area contributed by atoms with E-state index in [4.69, 9.17) is 0 Å². The summed E-state index contributed by atoms with van der Waals surface area (Å²) in [5.41, 5.74) is 0.164. The Morgan fingerprint density at radius 1 is 1.33 bits per heavy atom. The van der Waals surface area contributed by atoms with Crippen LogP contribution in [0.3, 0.4) is 0 Å². The second-order valence-electron chi connectivity index (χ2n) is 5.31. The third-order valence-electron chi connectivity index (χ3n) is 3.55. The molecule has 102 valence electrons. The van der Waals surface area contributed by atoms with Crippen LogP contribution in [0.1, 0.15) is 52.0 Å². The SMILES string of the molecule is CCCNC(CCC)Cn1ccn(C2CC2)c1=O. The molecule has 4 heteroatoms. The topological polar surface area (TPSA) is 39.0 Å². The molecule has 0 spiro atoms. The number of nitrogens with zero attached hydrogens (tertiary/aromatic N) is 2. The van der Waals surface area contributed by atoms with Gasteiger partial charge in [0.05, 0.1) is 0 Å². The number of rotatable bonds is 8. The molecule has 1 fully saturated rings. The lowest BCUT2D eigenvalue weighted by Crippen LogP contribution is -2.37. The molecule has 0 saturated heterocycles. The highest BCUT2D eigenvalue weighted by Gasteiger charge is 2.25. The van der Waals surface area contributed by atoms with Crippen molar-refractivity contribution in [3.05, 3.63) is 22.9 Å². The second-order valence-corrected chi connectivity index (χ2v) is 5.31. The molecule has 1 atom stereocenters. The summed E-state index contributed by atoms with van der Waals surface area (Å²) in [5.74, 6) is 0. The summed E-state index contributed by atoms with van der Waals surface area (Å²) in [5, 5.41) is 3.53. The number of aromatic nitrogens is 2. The largest absolute Gasteiger partial charge is 0.328 e. The number of hydrogen-bond acceptors (Lipinski definition) is 2. The van der Waals surface area contributed by atoms with E-state index in [9.17, 15) is 4.79 Å². The van der Waals surface area contributed by atoms with Crippen LogP contribution in [0.2, 0.25) is 0 Å². The first-order valence-electron chi connectivity index (χ1n) is 7.26. The lowest BCUT2D eigenvalue weighted by atomic mass is 10.1. The van der Waals surface area contributed by atoms with Gasteiger partial charge in [-0.15, -0.1) is 0 Å². The average Bonchev–Trinajstić information content (AvgIpc) is 3.14. The van der Waals surface area contributed by atoms with E-state index in [0.29, 0.717) is 12.1 Å². The molecule has 1 unspecified atom stereocenters. The van der Waals surface area contributed by atoms with Gasteiger partial charge in [-0.1, -0.05) is 20.3 Å². The quantitative estimate of drug-likeness (QED) is 0.769. The van der Waals surface area contributed by atoms with E-state index >= 15 is 0 Å². The molecule has 1 saturated carbocycles. The zero-order chi connectivity index (χ0) is 13.0. The zero-order valence-corrected chi connectivity index (χ0v) is 11.6. The van der Waals surface area contributed by atoms with Gasteiger partial charge < -0.3 is 5.32 Å². The Labute approximate surface area is 109 Å². The van der Waals surface area contributed by atoms with Gasteiger partial charge in [0.1, 0.15) is 0 Å². The van der Waals surface area contributed by atoms with Crippen LogP contribution in [-0.4, -0.2) is 21.7 Å². The normalized spacial score (nSPS) is 17.0. The number of imidazole rings is 1. The van der Waals surface area contributed by atoms with E-state index < -0.39 is 0 Å². The van der Waals surface area contributed by atoms with Crippen molar-refractivity contribution in [2.75, 3.05) is 6.54 Å². The third kappa shape index (κ3) is 3.25. The molecular formula is C14H25N3O. The summed E-state index contributed by atoms with van der Waals surface area (Å²) < 4.78 is 3.75. The minimum absolute atomic E-state index is 0.164. The highest BCUT2D eigenvalue weighted by molar-refractivity contribution is 4.92. The Balaban J connectivity index is 1.99. The van der Waals surface area contributed by atoms with Crippen LogP contribution < -0.4 is 11.0 Å². The van der Waals surface area contributed by atoms with Crippen molar-refractivity contribution in [2.45, 2.75) is 64.6 Å². The predicted octanol–water partition coefficient (Wildman–Crippen LogP) is 2.15. The van der Waals surface area contributed by atoms with Gasteiger partial charge >= 0.3 is 5.69 Å². The maximum atomic E-state index is 12.2. The van der Waals surface area contributed by atoms with E-state index in [2.05, 4.69) is 19.2 Å². The molecule has 18 heavy (non-hydrogen) atoms. The van der Waals surface area contributed by atoms with Gasteiger partial charge in [0.25, 0.3) is 0 Å². The summed E-state index contributed by atoms with van der Waals surface area (Å²) in [6.07, 6.45) is 9.63. The fraction of sp³-hybridized carbons (Fsp3) is 0.786. The molecule has 4 nitrogen and oxygen atoms in total. The maximum Gasteiger partial charge on any atom is 0.328 e. The smallest absolute Gasteiger partial charge is 0.312 e. The molecule has 0 radical (unpaired) electrons. The monoisotopic (exact) mass is 251 g/mol. The van der Waals surface area contributed by atoms with Crippen molar-refractivity contribution in [1.29, 1.82) is 0 Å². The molecule has 1 aliphatic rings. The van der Waals surface area contributed by atoms with Gasteiger partial charge in [0.2, 0.25) is 0 Å². The molecule has 0 aliphatic heterocycles. The van der Waals surface area contributed by atoms with Crippen molar-refractivity contribution in [3.63, 3.8) is 0 Å². The van der Waals surface area contributed by atoms with E-state index in [1.807, 2.05) is 21.5 Å². The summed E-state index contributed by atoms with van der Waals surface area (Å²) in [4.78, 5) is 12.2. The van der Waals surface area contributed by atoms with Crippen LogP contribution in [0.5, 0.6) is 0 Å². The summed E-state index contributed by atoms with van der Waals surface area (Å²) in [6, 6.07) is 0.898. The first kappa shape index (κ1) is 13.4. The summed E-state index contributed by atoms with van der Waals surface area (Å²) >= 11 is 0. The van der Waals surface area contributed by atoms with Crippen LogP contribution in [0, 0.1) is 0 Å². The Hall–Kier alpha value is -1.03. The molecule has 0 bridgehead atoms. The van der Waals surface area contributed by atoms with Gasteiger partial charge in [0, 0.05) is 31.0 Å². The minimum Gasteiger partial charge on any atom is -0.312 e. The number of nitrogens with one attached hydrogen (secondary N) is 1. The highest BCUT2D eigenvalue weighted by atomic mass is 16.1. The molecule has 1 aromatic heterocycles. The Morgan fingerprint density at radius 2 is 2.11 bits per heavy atom. The van der Waals surface area contributed by atoms with Crippen molar-refractivity contribution in [1.82, 2.24) is 14.5 Å². The molecule has 1 heterocycles. The predicted molar refractivity (Wildman–Crippen MR) is 74.0 cm³/mol. The molecule has 1 aromatic rings. The number of hydrogen-bond donors (Lipinski definition) is 1. The molecule has 1 N–H and O–H groups in total. The van der Waals surface area contributed by atoms with Crippen LogP contribution in [0.4, 0.5) is 0 Å². The van der Waals surface area contributed by atoms with Crippen molar-refractivity contribution < 1.29 is 0 Å². The summed E-state index contributed by atoms with van der Waals surface area (Å²) in [6.45, 7) is 6.19. The van der Waals surface area contributed by atoms with E-state index in [-0.39, 0.29) is 5.69 Å². The van der Waals surface area contributed by atoms with Crippen LogP contribution in [0.15, 0.2) is 17.2 Å². The van der Waals surface area contributed by atoms with E-state index in [1.165, 1.54) is 0 Å². The lowest BCUT2D eigenvalue weighted by Gasteiger charge is -2.17. The van der Waals surface area contributed by atoms with Crippen LogP contribution in [-0.2, 0) is 6.54 Å². The van der Waals surface area contributed by atoms with Gasteiger partial charge in [-0.25, -0.2) is 4.79 Å². The van der Waals surface area contributed by atoms with Gasteiger partial charge in [-0.3, -0.25) is 9.13 Å². The minimum atomic E-state index is 0.164. The lowest BCUT2D eigenvalue weighted by molar-refractivity contribution is 0.412. The fourth-order valence-corrected chi connectivity index (χ4v) is 2.39. The maximum absolute atomic E-state index is 12.2. The third-order valence-corrected chi connectivity index (χ3v) is 3.55. The van der Waals surface area contributed by atoms with Crippen molar-refractivity contribution >= 4 is 0 Å². The van der Waals surface area contributed by atoms with Crippen molar-refractivity contribution in [2.24, 2.45) is 0 Å².